The van der Waals surface area contributed by atoms with Gasteiger partial charge in [0.2, 0.25) is 0 Å². The molecular weight excluding hydrogens is 352 g/mol. The van der Waals surface area contributed by atoms with Crippen molar-refractivity contribution in [2.45, 2.75) is 26.2 Å². The average Bonchev–Trinajstić information content (AvgIpc) is 3.21. The fraction of sp³-hybridized carbons (Fsp3) is 0.474. The second-order valence-corrected chi connectivity index (χ2v) is 7.02. The maximum atomic E-state index is 12.7. The molecule has 1 fully saturated rings. The van der Waals surface area contributed by atoms with Crippen LogP contribution in [-0.2, 0) is 0 Å². The number of aromatic hydroxyl groups is 1. The van der Waals surface area contributed by atoms with Gasteiger partial charge < -0.3 is 15.3 Å². The minimum absolute atomic E-state index is 0. The molecule has 6 nitrogen and oxygen atoms in total. The van der Waals surface area contributed by atoms with Crippen molar-refractivity contribution in [2.75, 3.05) is 26.7 Å². The number of nitrogens with zero attached hydrogens (tertiary/aromatic N) is 3. The molecule has 1 amide bonds. The van der Waals surface area contributed by atoms with E-state index >= 15 is 0 Å². The number of aromatic nitrogens is 2. The Labute approximate surface area is 160 Å². The van der Waals surface area contributed by atoms with Gasteiger partial charge in [0.05, 0.1) is 11.9 Å². The first-order valence-electron chi connectivity index (χ1n) is 8.82. The normalized spacial score (nSPS) is 16.8. The molecule has 7 heteroatoms. The van der Waals surface area contributed by atoms with Crippen LogP contribution in [-0.4, -0.2) is 52.4 Å². The molecule has 1 aromatic heterocycles. The molecule has 0 saturated carbocycles. The van der Waals surface area contributed by atoms with Crippen LogP contribution in [0.2, 0.25) is 0 Å². The minimum atomic E-state index is -0.200. The molecule has 0 bridgehead atoms. The molecule has 26 heavy (non-hydrogen) atoms. The van der Waals surface area contributed by atoms with Crippen molar-refractivity contribution in [1.29, 1.82) is 0 Å². The van der Waals surface area contributed by atoms with Gasteiger partial charge in [-0.3, -0.25) is 4.79 Å². The summed E-state index contributed by atoms with van der Waals surface area (Å²) < 4.78 is 1.56. The molecule has 142 valence electrons. The Bertz CT molecular complexity index is 742. The summed E-state index contributed by atoms with van der Waals surface area (Å²) in [5.74, 6) is 0.642. The van der Waals surface area contributed by atoms with Crippen LogP contribution >= 0.6 is 12.4 Å². The van der Waals surface area contributed by atoms with Gasteiger partial charge in [-0.2, -0.15) is 5.10 Å². The van der Waals surface area contributed by atoms with Gasteiger partial charge in [0.1, 0.15) is 0 Å². The third kappa shape index (κ3) is 4.19. The standard InChI is InChI=1S/C19H26N4O2.ClH/c1-13(2)15-4-6-16(7-5-15)23-12-17(24)18(21-23)19(25)22-9-8-14(11-22)10-20-3;/h4-7,12-14,20,24H,8-11H2,1-3H3;1H. The summed E-state index contributed by atoms with van der Waals surface area (Å²) in [7, 11) is 1.92. The van der Waals surface area contributed by atoms with E-state index in [-0.39, 0.29) is 29.8 Å². The Balaban J connectivity index is 0.00000243. The van der Waals surface area contributed by atoms with Gasteiger partial charge in [0, 0.05) is 13.1 Å². The highest BCUT2D eigenvalue weighted by Gasteiger charge is 2.29. The van der Waals surface area contributed by atoms with Gasteiger partial charge in [0.25, 0.3) is 5.91 Å². The maximum absolute atomic E-state index is 12.7. The van der Waals surface area contributed by atoms with Gasteiger partial charge in [-0.15, -0.1) is 12.4 Å². The molecule has 2 aromatic rings. The van der Waals surface area contributed by atoms with E-state index < -0.39 is 0 Å². The van der Waals surface area contributed by atoms with Gasteiger partial charge >= 0.3 is 0 Å². The van der Waals surface area contributed by atoms with Crippen LogP contribution in [0.3, 0.4) is 0 Å². The quantitative estimate of drug-likeness (QED) is 0.839. The molecule has 1 saturated heterocycles. The first kappa shape index (κ1) is 20.3. The van der Waals surface area contributed by atoms with Crippen molar-refractivity contribution in [3.8, 4) is 11.4 Å². The molecule has 1 aromatic carbocycles. The maximum Gasteiger partial charge on any atom is 0.278 e. The van der Waals surface area contributed by atoms with Crippen molar-refractivity contribution in [3.63, 3.8) is 0 Å². The number of carbonyl (C=O) groups excluding carboxylic acids is 1. The monoisotopic (exact) mass is 378 g/mol. The lowest BCUT2D eigenvalue weighted by molar-refractivity contribution is 0.0778. The number of hydrogen-bond acceptors (Lipinski definition) is 4. The highest BCUT2D eigenvalue weighted by molar-refractivity contribution is 5.95. The second-order valence-electron chi connectivity index (χ2n) is 7.02. The number of nitrogens with one attached hydrogen (secondary N) is 1. The topological polar surface area (TPSA) is 70.4 Å². The zero-order valence-corrected chi connectivity index (χ0v) is 16.3. The van der Waals surface area contributed by atoms with Crippen LogP contribution in [0.5, 0.6) is 5.75 Å². The smallest absolute Gasteiger partial charge is 0.278 e. The number of benzene rings is 1. The van der Waals surface area contributed by atoms with E-state index in [0.29, 0.717) is 24.9 Å². The van der Waals surface area contributed by atoms with Crippen molar-refractivity contribution in [3.05, 3.63) is 41.7 Å². The predicted octanol–water partition coefficient (Wildman–Crippen LogP) is 2.80. The zero-order valence-electron chi connectivity index (χ0n) is 15.5. The van der Waals surface area contributed by atoms with E-state index in [2.05, 4.69) is 24.3 Å². The molecule has 2 N–H and O–H groups in total. The lowest BCUT2D eigenvalue weighted by atomic mass is 10.0. The number of rotatable bonds is 5. The summed E-state index contributed by atoms with van der Waals surface area (Å²) in [5, 5.41) is 17.7. The largest absolute Gasteiger partial charge is 0.504 e. The van der Waals surface area contributed by atoms with Crippen LogP contribution in [0.25, 0.3) is 5.69 Å². The average molecular weight is 379 g/mol. The fourth-order valence-electron chi connectivity index (χ4n) is 3.28. The van der Waals surface area contributed by atoms with Crippen LogP contribution in [0.4, 0.5) is 0 Å². The molecule has 1 aliphatic rings. The van der Waals surface area contributed by atoms with Crippen LogP contribution in [0, 0.1) is 5.92 Å². The number of hydrogen-bond donors (Lipinski definition) is 2. The summed E-state index contributed by atoms with van der Waals surface area (Å²) in [5.41, 5.74) is 2.19. The second kappa shape index (κ2) is 8.56. The van der Waals surface area contributed by atoms with Crippen LogP contribution < -0.4 is 5.32 Å². The van der Waals surface area contributed by atoms with Crippen LogP contribution in [0.1, 0.15) is 42.2 Å². The Morgan fingerprint density at radius 3 is 2.65 bits per heavy atom. The van der Waals surface area contributed by atoms with E-state index in [1.807, 2.05) is 31.3 Å². The van der Waals surface area contributed by atoms with Gasteiger partial charge in [-0.05, 0) is 49.5 Å². The highest BCUT2D eigenvalue weighted by atomic mass is 35.5. The molecule has 1 unspecified atom stereocenters. The predicted molar refractivity (Wildman–Crippen MR) is 105 cm³/mol. The first-order chi connectivity index (χ1) is 12.0. The third-order valence-corrected chi connectivity index (χ3v) is 4.79. The Morgan fingerprint density at radius 2 is 2.04 bits per heavy atom. The van der Waals surface area contributed by atoms with Crippen molar-refractivity contribution >= 4 is 18.3 Å². The summed E-state index contributed by atoms with van der Waals surface area (Å²) in [6, 6.07) is 8.00. The van der Waals surface area contributed by atoms with Crippen LogP contribution in [0.15, 0.2) is 30.5 Å². The van der Waals surface area contributed by atoms with E-state index in [4.69, 9.17) is 0 Å². The first-order valence-corrected chi connectivity index (χ1v) is 8.82. The molecular formula is C19H27ClN4O2. The van der Waals surface area contributed by atoms with E-state index in [1.165, 1.54) is 11.8 Å². The number of likely N-dealkylation sites (tertiary alicyclic amines) is 1. The molecule has 0 radical (unpaired) electrons. The van der Waals surface area contributed by atoms with Gasteiger partial charge in [-0.1, -0.05) is 26.0 Å². The van der Waals surface area contributed by atoms with E-state index in [0.717, 1.165) is 18.7 Å². The Hall–Kier alpha value is -2.05. The SMILES string of the molecule is CNCC1CCN(C(=O)c2nn(-c3ccc(C(C)C)cc3)cc2O)C1.Cl. The minimum Gasteiger partial charge on any atom is -0.504 e. The number of carbonyl (C=O) groups is 1. The molecule has 1 atom stereocenters. The number of halogens is 1. The summed E-state index contributed by atoms with van der Waals surface area (Å²) >= 11 is 0. The molecule has 1 aliphatic heterocycles. The van der Waals surface area contributed by atoms with E-state index in [1.54, 1.807) is 9.58 Å². The lowest BCUT2D eigenvalue weighted by Crippen LogP contribution is -2.30. The zero-order chi connectivity index (χ0) is 18.0. The number of amides is 1. The summed E-state index contributed by atoms with van der Waals surface area (Å²) in [6.07, 6.45) is 2.48. The Morgan fingerprint density at radius 1 is 1.35 bits per heavy atom. The van der Waals surface area contributed by atoms with E-state index in [9.17, 15) is 9.90 Å². The third-order valence-electron chi connectivity index (χ3n) is 4.79. The van der Waals surface area contributed by atoms with Gasteiger partial charge in [0.15, 0.2) is 11.4 Å². The molecule has 0 spiro atoms. The Kier molecular flexibility index (Phi) is 6.67. The van der Waals surface area contributed by atoms with Crippen molar-refractivity contribution in [2.24, 2.45) is 5.92 Å². The van der Waals surface area contributed by atoms with Crippen molar-refractivity contribution in [1.82, 2.24) is 20.0 Å². The summed E-state index contributed by atoms with van der Waals surface area (Å²) in [6.45, 7) is 6.59. The van der Waals surface area contributed by atoms with Crippen molar-refractivity contribution < 1.29 is 9.90 Å². The molecule has 2 heterocycles. The van der Waals surface area contributed by atoms with Gasteiger partial charge in [-0.25, -0.2) is 4.68 Å². The highest BCUT2D eigenvalue weighted by Crippen LogP contribution is 2.24. The molecule has 3 rings (SSSR count). The molecule has 0 aliphatic carbocycles. The lowest BCUT2D eigenvalue weighted by Gasteiger charge is -2.15. The fourth-order valence-corrected chi connectivity index (χ4v) is 3.28. The summed E-state index contributed by atoms with van der Waals surface area (Å²) in [4.78, 5) is 14.4.